The molecule has 1 aromatic carbocycles. The highest BCUT2D eigenvalue weighted by Crippen LogP contribution is 2.29. The number of hydrogen-bond acceptors (Lipinski definition) is 5. The van der Waals surface area contributed by atoms with Gasteiger partial charge in [-0.1, -0.05) is 0 Å². The van der Waals surface area contributed by atoms with Crippen LogP contribution < -0.4 is 5.73 Å². The molecule has 0 saturated heterocycles. The minimum atomic E-state index is -0.344. The van der Waals surface area contributed by atoms with E-state index in [0.29, 0.717) is 16.9 Å². The molecule has 1 aromatic heterocycles. The second-order valence-electron chi connectivity index (χ2n) is 4.48. The molecule has 0 fully saturated rings. The van der Waals surface area contributed by atoms with Crippen molar-refractivity contribution in [2.45, 2.75) is 24.5 Å². The quantitative estimate of drug-likeness (QED) is 0.403. The van der Waals surface area contributed by atoms with E-state index >= 15 is 0 Å². The molecule has 0 radical (unpaired) electrons. The third kappa shape index (κ3) is 3.08. The summed E-state index contributed by atoms with van der Waals surface area (Å²) in [5, 5.41) is 11.1. The van der Waals surface area contributed by atoms with Gasteiger partial charge in [0.1, 0.15) is 0 Å². The average Bonchev–Trinajstić information content (AvgIpc) is 2.39. The maximum atomic E-state index is 11.1. The maximum Gasteiger partial charge on any atom is 0.278 e. The highest BCUT2D eigenvalue weighted by Gasteiger charge is 2.18. The summed E-state index contributed by atoms with van der Waals surface area (Å²) in [7, 11) is 0. The van der Waals surface area contributed by atoms with Crippen molar-refractivity contribution >= 4 is 23.1 Å². The van der Waals surface area contributed by atoms with Gasteiger partial charge in [-0.15, -0.1) is 11.8 Å². The van der Waals surface area contributed by atoms with Crippen LogP contribution in [0.15, 0.2) is 35.4 Å². The molecule has 0 saturated carbocycles. The number of rotatable bonds is 4. The van der Waals surface area contributed by atoms with Gasteiger partial charge in [-0.25, -0.2) is 0 Å². The number of hydrogen-bond donors (Lipinski definition) is 1. The van der Waals surface area contributed by atoms with Crippen molar-refractivity contribution in [2.24, 2.45) is 0 Å². The molecule has 20 heavy (non-hydrogen) atoms. The van der Waals surface area contributed by atoms with E-state index in [-0.39, 0.29) is 10.6 Å². The summed E-state index contributed by atoms with van der Waals surface area (Å²) >= 11 is 1.58. The van der Waals surface area contributed by atoms with Crippen molar-refractivity contribution in [3.63, 3.8) is 0 Å². The number of aryl methyl sites for hydroxylation is 1. The Balaban J connectivity index is 2.20. The molecule has 6 heteroatoms. The Morgan fingerprint density at radius 1 is 1.30 bits per heavy atom. The number of nitro groups is 1. The summed E-state index contributed by atoms with van der Waals surface area (Å²) in [4.78, 5) is 16.1. The van der Waals surface area contributed by atoms with Crippen LogP contribution in [0.3, 0.4) is 0 Å². The van der Waals surface area contributed by atoms with Gasteiger partial charge in [0.15, 0.2) is 0 Å². The van der Waals surface area contributed by atoms with Gasteiger partial charge in [0.25, 0.3) is 5.69 Å². The molecule has 1 heterocycles. The fourth-order valence-corrected chi connectivity index (χ4v) is 2.83. The zero-order valence-electron chi connectivity index (χ0n) is 11.3. The number of thioether (sulfide) groups is 1. The SMILES string of the molecule is Cc1cnc(CSc2ccc(N)cc2)c(C)c1[N+](=O)[O-]. The third-order valence-electron chi connectivity index (χ3n) is 3.01. The number of nitrogens with two attached hydrogens (primary N) is 1. The van der Waals surface area contributed by atoms with Crippen LogP contribution in [0, 0.1) is 24.0 Å². The zero-order valence-corrected chi connectivity index (χ0v) is 12.1. The Hall–Kier alpha value is -2.08. The van der Waals surface area contributed by atoms with Crippen LogP contribution in [0.5, 0.6) is 0 Å². The molecule has 5 nitrogen and oxygen atoms in total. The molecule has 0 bridgehead atoms. The summed E-state index contributed by atoms with van der Waals surface area (Å²) in [5.41, 5.74) is 8.48. The Kier molecular flexibility index (Phi) is 4.24. The first kappa shape index (κ1) is 14.3. The lowest BCUT2D eigenvalue weighted by Crippen LogP contribution is -2.01. The fraction of sp³-hybridized carbons (Fsp3) is 0.214. The molecule has 0 amide bonds. The smallest absolute Gasteiger partial charge is 0.278 e. The van der Waals surface area contributed by atoms with E-state index in [0.717, 1.165) is 16.3 Å². The number of aromatic nitrogens is 1. The molecule has 2 N–H and O–H groups in total. The first-order valence-corrected chi connectivity index (χ1v) is 7.05. The van der Waals surface area contributed by atoms with Crippen molar-refractivity contribution in [2.75, 3.05) is 5.73 Å². The summed E-state index contributed by atoms with van der Waals surface area (Å²) < 4.78 is 0. The lowest BCUT2D eigenvalue weighted by Gasteiger charge is -2.07. The Morgan fingerprint density at radius 2 is 1.95 bits per heavy atom. The minimum absolute atomic E-state index is 0.160. The Morgan fingerprint density at radius 3 is 2.55 bits per heavy atom. The van der Waals surface area contributed by atoms with Gasteiger partial charge in [0.05, 0.1) is 10.6 Å². The maximum absolute atomic E-state index is 11.1. The van der Waals surface area contributed by atoms with Gasteiger partial charge in [0, 0.05) is 33.7 Å². The second kappa shape index (κ2) is 5.92. The van der Waals surface area contributed by atoms with Crippen LogP contribution in [0.2, 0.25) is 0 Å². The summed E-state index contributed by atoms with van der Waals surface area (Å²) in [5.74, 6) is 0.594. The van der Waals surface area contributed by atoms with Gasteiger partial charge in [-0.3, -0.25) is 15.1 Å². The molecule has 0 aliphatic heterocycles. The second-order valence-corrected chi connectivity index (χ2v) is 5.53. The van der Waals surface area contributed by atoms with E-state index in [4.69, 9.17) is 5.73 Å². The van der Waals surface area contributed by atoms with Crippen molar-refractivity contribution in [1.82, 2.24) is 4.98 Å². The van der Waals surface area contributed by atoms with Gasteiger partial charge in [-0.05, 0) is 38.1 Å². The van der Waals surface area contributed by atoms with Crippen molar-refractivity contribution < 1.29 is 4.92 Å². The van der Waals surface area contributed by atoms with E-state index < -0.39 is 0 Å². The molecule has 2 rings (SSSR count). The van der Waals surface area contributed by atoms with E-state index in [1.807, 2.05) is 24.3 Å². The highest BCUT2D eigenvalue weighted by atomic mass is 32.2. The van der Waals surface area contributed by atoms with Gasteiger partial charge in [-0.2, -0.15) is 0 Å². The molecule has 0 aliphatic carbocycles. The molecular weight excluding hydrogens is 274 g/mol. The summed E-state index contributed by atoms with van der Waals surface area (Å²) in [6.07, 6.45) is 1.56. The predicted molar refractivity (Wildman–Crippen MR) is 80.8 cm³/mol. The van der Waals surface area contributed by atoms with Gasteiger partial charge >= 0.3 is 0 Å². The predicted octanol–water partition coefficient (Wildman–Crippen LogP) is 3.48. The minimum Gasteiger partial charge on any atom is -0.399 e. The average molecular weight is 289 g/mol. The summed E-state index contributed by atoms with van der Waals surface area (Å²) in [6, 6.07) is 7.52. The lowest BCUT2D eigenvalue weighted by molar-refractivity contribution is -0.386. The molecule has 0 aliphatic rings. The fourth-order valence-electron chi connectivity index (χ4n) is 1.91. The normalized spacial score (nSPS) is 10.5. The first-order chi connectivity index (χ1) is 9.49. The van der Waals surface area contributed by atoms with Crippen molar-refractivity contribution in [3.05, 3.63) is 57.4 Å². The van der Waals surface area contributed by atoms with Crippen molar-refractivity contribution in [1.29, 1.82) is 0 Å². The highest BCUT2D eigenvalue weighted by molar-refractivity contribution is 7.98. The van der Waals surface area contributed by atoms with E-state index in [1.165, 1.54) is 0 Å². The van der Waals surface area contributed by atoms with Crippen LogP contribution in [0.1, 0.15) is 16.8 Å². The van der Waals surface area contributed by atoms with Crippen LogP contribution in [0.25, 0.3) is 0 Å². The van der Waals surface area contributed by atoms with Crippen LogP contribution >= 0.6 is 11.8 Å². The third-order valence-corrected chi connectivity index (χ3v) is 4.04. The molecule has 0 atom stereocenters. The van der Waals surface area contributed by atoms with Gasteiger partial charge < -0.3 is 5.73 Å². The Labute approximate surface area is 121 Å². The molecular formula is C14H15N3O2S. The van der Waals surface area contributed by atoms with Crippen LogP contribution in [-0.2, 0) is 5.75 Å². The Bertz CT molecular complexity index is 642. The molecule has 0 spiro atoms. The first-order valence-electron chi connectivity index (χ1n) is 6.07. The number of nitrogens with zero attached hydrogens (tertiary/aromatic N) is 2. The summed E-state index contributed by atoms with van der Waals surface area (Å²) in [6.45, 7) is 3.45. The van der Waals surface area contributed by atoms with E-state index in [2.05, 4.69) is 4.98 Å². The number of anilines is 1. The lowest BCUT2D eigenvalue weighted by atomic mass is 10.1. The van der Waals surface area contributed by atoms with E-state index in [9.17, 15) is 10.1 Å². The zero-order chi connectivity index (χ0) is 14.7. The molecule has 104 valence electrons. The van der Waals surface area contributed by atoms with Crippen LogP contribution in [-0.4, -0.2) is 9.91 Å². The van der Waals surface area contributed by atoms with E-state index in [1.54, 1.807) is 31.8 Å². The van der Waals surface area contributed by atoms with Crippen molar-refractivity contribution in [3.8, 4) is 0 Å². The topological polar surface area (TPSA) is 82.0 Å². The number of pyridine rings is 1. The number of benzene rings is 1. The largest absolute Gasteiger partial charge is 0.399 e. The van der Waals surface area contributed by atoms with Gasteiger partial charge in [0.2, 0.25) is 0 Å². The standard InChI is InChI=1S/C14H15N3O2S/c1-9-7-16-13(10(2)14(9)17(18)19)8-20-12-5-3-11(15)4-6-12/h3-7H,8,15H2,1-2H3. The monoisotopic (exact) mass is 289 g/mol. The molecule has 2 aromatic rings. The number of nitrogen functional groups attached to an aromatic ring is 1. The molecule has 0 unspecified atom stereocenters. The van der Waals surface area contributed by atoms with Crippen LogP contribution in [0.4, 0.5) is 11.4 Å².